The van der Waals surface area contributed by atoms with Crippen LogP contribution < -0.4 is 16.0 Å². The summed E-state index contributed by atoms with van der Waals surface area (Å²) in [5, 5.41) is 0. The Hall–Kier alpha value is -1.59. The molecule has 5 heteroatoms. The molecule has 5 nitrogen and oxygen atoms in total. The molecule has 1 aromatic carbocycles. The molecule has 0 saturated heterocycles. The van der Waals surface area contributed by atoms with Crippen molar-refractivity contribution in [2.45, 2.75) is 0 Å². The Morgan fingerprint density at radius 2 is 2.25 bits per heavy atom. The van der Waals surface area contributed by atoms with Crippen LogP contribution >= 0.6 is 0 Å². The number of rotatable bonds is 5. The Morgan fingerprint density at radius 3 is 2.88 bits per heavy atom. The van der Waals surface area contributed by atoms with E-state index in [2.05, 4.69) is 10.4 Å². The molecule has 16 heavy (non-hydrogen) atoms. The third-order valence-corrected chi connectivity index (χ3v) is 2.05. The van der Waals surface area contributed by atoms with E-state index in [1.807, 2.05) is 24.3 Å². The van der Waals surface area contributed by atoms with Crippen LogP contribution in [-0.4, -0.2) is 33.2 Å². The molecule has 0 aliphatic carbocycles. The zero-order chi connectivity index (χ0) is 11.8. The van der Waals surface area contributed by atoms with Crippen molar-refractivity contribution in [2.75, 3.05) is 27.4 Å². The third-order valence-electron chi connectivity index (χ3n) is 2.05. The van der Waals surface area contributed by atoms with E-state index in [1.165, 1.54) is 0 Å². The van der Waals surface area contributed by atoms with Gasteiger partial charge in [0.25, 0.3) is 0 Å². The Morgan fingerprint density at radius 1 is 1.44 bits per heavy atom. The van der Waals surface area contributed by atoms with Crippen molar-refractivity contribution in [1.29, 1.82) is 0 Å². The Labute approximate surface area is 95.2 Å². The second-order valence-corrected chi connectivity index (χ2v) is 3.10. The normalized spacial score (nSPS) is 11.3. The quantitative estimate of drug-likeness (QED) is 0.251. The SMILES string of the molecule is COCCN=C(NN)c1cccc(OC)c1. The van der Waals surface area contributed by atoms with Crippen molar-refractivity contribution in [3.8, 4) is 5.75 Å². The number of methoxy groups -OCH3 is 2. The molecule has 0 atom stereocenters. The Kier molecular flexibility index (Phi) is 5.31. The first kappa shape index (κ1) is 12.5. The van der Waals surface area contributed by atoms with Crippen LogP contribution in [-0.2, 0) is 4.74 Å². The van der Waals surface area contributed by atoms with Gasteiger partial charge < -0.3 is 14.9 Å². The monoisotopic (exact) mass is 223 g/mol. The van der Waals surface area contributed by atoms with Crippen molar-refractivity contribution >= 4 is 5.84 Å². The van der Waals surface area contributed by atoms with Gasteiger partial charge in [0.2, 0.25) is 0 Å². The molecule has 0 aliphatic heterocycles. The van der Waals surface area contributed by atoms with E-state index >= 15 is 0 Å². The fourth-order valence-corrected chi connectivity index (χ4v) is 1.24. The van der Waals surface area contributed by atoms with Crippen LogP contribution in [0.2, 0.25) is 0 Å². The van der Waals surface area contributed by atoms with Crippen LogP contribution in [0.1, 0.15) is 5.56 Å². The van der Waals surface area contributed by atoms with Gasteiger partial charge in [0.05, 0.1) is 20.3 Å². The summed E-state index contributed by atoms with van der Waals surface area (Å²) in [6.45, 7) is 1.13. The number of nitrogens with two attached hydrogens (primary N) is 1. The topological polar surface area (TPSA) is 68.9 Å². The molecule has 0 heterocycles. The molecule has 3 N–H and O–H groups in total. The summed E-state index contributed by atoms with van der Waals surface area (Å²) >= 11 is 0. The summed E-state index contributed by atoms with van der Waals surface area (Å²) in [5.41, 5.74) is 3.45. The van der Waals surface area contributed by atoms with Gasteiger partial charge in [-0.3, -0.25) is 4.99 Å². The van der Waals surface area contributed by atoms with Gasteiger partial charge >= 0.3 is 0 Å². The van der Waals surface area contributed by atoms with Crippen molar-refractivity contribution in [3.63, 3.8) is 0 Å². The molecule has 0 radical (unpaired) electrons. The zero-order valence-electron chi connectivity index (χ0n) is 9.56. The number of amidine groups is 1. The van der Waals surface area contributed by atoms with Gasteiger partial charge in [-0.2, -0.15) is 0 Å². The van der Waals surface area contributed by atoms with Gasteiger partial charge in [0, 0.05) is 12.7 Å². The third kappa shape index (κ3) is 3.52. The molecular weight excluding hydrogens is 206 g/mol. The van der Waals surface area contributed by atoms with Gasteiger partial charge in [-0.15, -0.1) is 0 Å². The molecule has 0 fully saturated rings. The van der Waals surface area contributed by atoms with Crippen LogP contribution in [0.3, 0.4) is 0 Å². The molecule has 0 aliphatic rings. The van der Waals surface area contributed by atoms with Gasteiger partial charge in [-0.1, -0.05) is 12.1 Å². The first-order valence-electron chi connectivity index (χ1n) is 4.96. The second-order valence-electron chi connectivity index (χ2n) is 3.10. The van der Waals surface area contributed by atoms with Crippen LogP contribution in [0.15, 0.2) is 29.3 Å². The lowest BCUT2D eigenvalue weighted by Crippen LogP contribution is -2.31. The maximum absolute atomic E-state index is 5.42. The summed E-state index contributed by atoms with van der Waals surface area (Å²) in [5.74, 6) is 6.81. The number of nitrogens with one attached hydrogen (secondary N) is 1. The molecule has 0 amide bonds. The molecule has 0 saturated carbocycles. The minimum atomic E-state index is 0.563. The average Bonchev–Trinajstić information content (AvgIpc) is 2.35. The van der Waals surface area contributed by atoms with E-state index in [0.29, 0.717) is 19.0 Å². The predicted molar refractivity (Wildman–Crippen MR) is 63.6 cm³/mol. The summed E-state index contributed by atoms with van der Waals surface area (Å²) in [4.78, 5) is 4.28. The maximum atomic E-state index is 5.42. The van der Waals surface area contributed by atoms with Crippen LogP contribution in [0.4, 0.5) is 0 Å². The highest BCUT2D eigenvalue weighted by molar-refractivity contribution is 5.98. The number of hydrogen-bond acceptors (Lipinski definition) is 4. The minimum absolute atomic E-state index is 0.563. The summed E-state index contributed by atoms with van der Waals surface area (Å²) in [6.07, 6.45) is 0. The highest BCUT2D eigenvalue weighted by Crippen LogP contribution is 2.12. The van der Waals surface area contributed by atoms with Crippen LogP contribution in [0.5, 0.6) is 5.75 Å². The van der Waals surface area contributed by atoms with Crippen molar-refractivity contribution in [3.05, 3.63) is 29.8 Å². The first-order valence-corrected chi connectivity index (χ1v) is 4.96. The number of benzene rings is 1. The molecule has 0 spiro atoms. The highest BCUT2D eigenvalue weighted by atomic mass is 16.5. The lowest BCUT2D eigenvalue weighted by Gasteiger charge is -2.07. The number of nitrogens with zero attached hydrogens (tertiary/aromatic N) is 1. The number of ether oxygens (including phenoxy) is 2. The Bertz CT molecular complexity index is 353. The van der Waals surface area contributed by atoms with E-state index in [4.69, 9.17) is 15.3 Å². The highest BCUT2D eigenvalue weighted by Gasteiger charge is 2.02. The van der Waals surface area contributed by atoms with Gasteiger partial charge in [0.1, 0.15) is 11.6 Å². The average molecular weight is 223 g/mol. The van der Waals surface area contributed by atoms with Crippen molar-refractivity contribution < 1.29 is 9.47 Å². The smallest absolute Gasteiger partial charge is 0.142 e. The van der Waals surface area contributed by atoms with Gasteiger partial charge in [0.15, 0.2) is 0 Å². The van der Waals surface area contributed by atoms with Crippen LogP contribution in [0.25, 0.3) is 0 Å². The first-order chi connectivity index (χ1) is 7.81. The summed E-state index contributed by atoms with van der Waals surface area (Å²) < 4.78 is 10.0. The van der Waals surface area contributed by atoms with Gasteiger partial charge in [-0.25, -0.2) is 5.84 Å². The van der Waals surface area contributed by atoms with E-state index in [0.717, 1.165) is 11.3 Å². The van der Waals surface area contributed by atoms with E-state index in [1.54, 1.807) is 14.2 Å². The second kappa shape index (κ2) is 6.81. The molecular formula is C11H17N3O2. The minimum Gasteiger partial charge on any atom is -0.497 e. The zero-order valence-corrected chi connectivity index (χ0v) is 9.56. The lowest BCUT2D eigenvalue weighted by atomic mass is 10.2. The van der Waals surface area contributed by atoms with Crippen LogP contribution in [0, 0.1) is 0 Å². The maximum Gasteiger partial charge on any atom is 0.142 e. The number of hydrogen-bond donors (Lipinski definition) is 2. The summed E-state index contributed by atoms with van der Waals surface area (Å²) in [6, 6.07) is 7.53. The van der Waals surface area contributed by atoms with Crippen molar-refractivity contribution in [2.24, 2.45) is 10.8 Å². The molecule has 0 bridgehead atoms. The number of aliphatic imine (C=N–C) groups is 1. The molecule has 88 valence electrons. The van der Waals surface area contributed by atoms with E-state index in [9.17, 15) is 0 Å². The molecule has 0 aromatic heterocycles. The largest absolute Gasteiger partial charge is 0.497 e. The molecule has 0 unspecified atom stereocenters. The molecule has 1 aromatic rings. The van der Waals surface area contributed by atoms with Gasteiger partial charge in [-0.05, 0) is 12.1 Å². The fourth-order valence-electron chi connectivity index (χ4n) is 1.24. The summed E-state index contributed by atoms with van der Waals surface area (Å²) in [7, 11) is 3.26. The van der Waals surface area contributed by atoms with Crippen molar-refractivity contribution in [1.82, 2.24) is 5.43 Å². The molecule has 1 rings (SSSR count). The van der Waals surface area contributed by atoms with E-state index < -0.39 is 0 Å². The fraction of sp³-hybridized carbons (Fsp3) is 0.364. The number of hydrazine groups is 1. The van der Waals surface area contributed by atoms with E-state index in [-0.39, 0.29) is 0 Å². The lowest BCUT2D eigenvalue weighted by molar-refractivity contribution is 0.208. The standard InChI is InChI=1S/C11H17N3O2/c1-15-7-6-13-11(14-12)9-4-3-5-10(8-9)16-2/h3-5,8H,6-7,12H2,1-2H3,(H,13,14). The predicted octanol–water partition coefficient (Wildman–Crippen LogP) is 0.551. The Balaban J connectivity index is 2.81.